The summed E-state index contributed by atoms with van der Waals surface area (Å²) in [6, 6.07) is 4.17. The smallest absolute Gasteiger partial charge is 0.0270 e. The molecule has 0 aliphatic heterocycles. The zero-order chi connectivity index (χ0) is 12.7. The number of nitrogens with zero attached hydrogens (tertiary/aromatic N) is 1. The predicted octanol–water partition coefficient (Wildman–Crippen LogP) is 1.93. The van der Waals surface area contributed by atoms with E-state index >= 15 is 0 Å². The van der Waals surface area contributed by atoms with Gasteiger partial charge in [-0.3, -0.25) is 4.98 Å². The molecule has 1 unspecified atom stereocenters. The normalized spacial score (nSPS) is 13.6. The Morgan fingerprint density at radius 3 is 2.59 bits per heavy atom. The van der Waals surface area contributed by atoms with Gasteiger partial charge in [-0.15, -0.1) is 0 Å². The van der Waals surface area contributed by atoms with Crippen molar-refractivity contribution < 1.29 is 0 Å². The molecular formula is C14H25N3. The van der Waals surface area contributed by atoms with Crippen molar-refractivity contribution in [1.29, 1.82) is 0 Å². The Bertz CT molecular complexity index is 309. The maximum absolute atomic E-state index is 5.60. The molecule has 3 nitrogen and oxygen atoms in total. The quantitative estimate of drug-likeness (QED) is 0.710. The molecular weight excluding hydrogens is 210 g/mol. The highest BCUT2D eigenvalue weighted by Gasteiger charge is 2.19. The number of rotatable bonds is 7. The molecule has 0 aliphatic rings. The second-order valence-electron chi connectivity index (χ2n) is 5.43. The van der Waals surface area contributed by atoms with E-state index in [4.69, 9.17) is 5.73 Å². The van der Waals surface area contributed by atoms with Gasteiger partial charge in [-0.05, 0) is 43.1 Å². The van der Waals surface area contributed by atoms with Crippen molar-refractivity contribution in [3.05, 3.63) is 30.1 Å². The van der Waals surface area contributed by atoms with Crippen molar-refractivity contribution in [2.24, 2.45) is 11.7 Å². The summed E-state index contributed by atoms with van der Waals surface area (Å²) in [4.78, 5) is 4.06. The molecule has 17 heavy (non-hydrogen) atoms. The zero-order valence-corrected chi connectivity index (χ0v) is 11.2. The van der Waals surface area contributed by atoms with Crippen LogP contribution in [0.1, 0.15) is 32.8 Å². The van der Waals surface area contributed by atoms with Gasteiger partial charge in [0.25, 0.3) is 0 Å². The Kier molecular flexibility index (Phi) is 5.59. The molecule has 0 amide bonds. The van der Waals surface area contributed by atoms with Crippen LogP contribution in [0.15, 0.2) is 24.5 Å². The fourth-order valence-electron chi connectivity index (χ4n) is 1.77. The first-order chi connectivity index (χ1) is 8.06. The highest BCUT2D eigenvalue weighted by Crippen LogP contribution is 2.21. The fraction of sp³-hybridized carbons (Fsp3) is 0.643. The van der Waals surface area contributed by atoms with Gasteiger partial charge in [0.1, 0.15) is 0 Å². The average molecular weight is 235 g/mol. The van der Waals surface area contributed by atoms with Crippen LogP contribution in [0.5, 0.6) is 0 Å². The first kappa shape index (κ1) is 14.1. The summed E-state index contributed by atoms with van der Waals surface area (Å²) in [7, 11) is 0. The molecule has 0 spiro atoms. The fourth-order valence-corrected chi connectivity index (χ4v) is 1.77. The van der Waals surface area contributed by atoms with Crippen molar-refractivity contribution in [3.8, 4) is 0 Å². The van der Waals surface area contributed by atoms with E-state index in [1.807, 2.05) is 12.4 Å². The summed E-state index contributed by atoms with van der Waals surface area (Å²) in [6.45, 7) is 9.48. The minimum absolute atomic E-state index is 0.148. The van der Waals surface area contributed by atoms with E-state index in [0.29, 0.717) is 5.92 Å². The van der Waals surface area contributed by atoms with E-state index in [2.05, 4.69) is 43.2 Å². The van der Waals surface area contributed by atoms with E-state index in [0.717, 1.165) is 26.1 Å². The van der Waals surface area contributed by atoms with Crippen LogP contribution < -0.4 is 11.1 Å². The van der Waals surface area contributed by atoms with Crippen molar-refractivity contribution in [2.45, 2.75) is 32.6 Å². The molecule has 0 radical (unpaired) electrons. The second kappa shape index (κ2) is 6.72. The topological polar surface area (TPSA) is 50.9 Å². The number of hydrogen-bond acceptors (Lipinski definition) is 3. The van der Waals surface area contributed by atoms with E-state index in [9.17, 15) is 0 Å². The van der Waals surface area contributed by atoms with Gasteiger partial charge >= 0.3 is 0 Å². The number of pyridine rings is 1. The summed E-state index contributed by atoms with van der Waals surface area (Å²) in [5.74, 6) is 0.603. The SMILES string of the molecule is CC(CN)CCNCC(C)(C)c1ccncc1. The van der Waals surface area contributed by atoms with Crippen LogP contribution in [0, 0.1) is 5.92 Å². The van der Waals surface area contributed by atoms with Gasteiger partial charge in [0, 0.05) is 24.4 Å². The Morgan fingerprint density at radius 1 is 1.35 bits per heavy atom. The Morgan fingerprint density at radius 2 is 2.00 bits per heavy atom. The van der Waals surface area contributed by atoms with Gasteiger partial charge < -0.3 is 11.1 Å². The van der Waals surface area contributed by atoms with Gasteiger partial charge in [0.15, 0.2) is 0 Å². The third kappa shape index (κ3) is 4.84. The van der Waals surface area contributed by atoms with Crippen LogP contribution in [-0.4, -0.2) is 24.6 Å². The molecule has 0 bridgehead atoms. The first-order valence-corrected chi connectivity index (χ1v) is 6.37. The molecule has 0 saturated carbocycles. The number of aromatic nitrogens is 1. The lowest BCUT2D eigenvalue weighted by atomic mass is 9.85. The number of hydrogen-bond donors (Lipinski definition) is 2. The minimum atomic E-state index is 0.148. The van der Waals surface area contributed by atoms with E-state index < -0.39 is 0 Å². The maximum atomic E-state index is 5.60. The van der Waals surface area contributed by atoms with Crippen molar-refractivity contribution in [1.82, 2.24) is 10.3 Å². The summed E-state index contributed by atoms with van der Waals surface area (Å²) < 4.78 is 0. The second-order valence-corrected chi connectivity index (χ2v) is 5.43. The molecule has 1 heterocycles. The van der Waals surface area contributed by atoms with Crippen LogP contribution in [0.2, 0.25) is 0 Å². The van der Waals surface area contributed by atoms with Gasteiger partial charge in [-0.25, -0.2) is 0 Å². The molecule has 3 N–H and O–H groups in total. The number of nitrogens with one attached hydrogen (secondary N) is 1. The lowest BCUT2D eigenvalue weighted by Crippen LogP contribution is -2.34. The third-order valence-electron chi connectivity index (χ3n) is 3.25. The van der Waals surface area contributed by atoms with Gasteiger partial charge in [-0.1, -0.05) is 20.8 Å². The van der Waals surface area contributed by atoms with Crippen molar-refractivity contribution >= 4 is 0 Å². The molecule has 0 aliphatic carbocycles. The molecule has 0 aromatic carbocycles. The van der Waals surface area contributed by atoms with Crippen LogP contribution in [0.4, 0.5) is 0 Å². The van der Waals surface area contributed by atoms with E-state index in [-0.39, 0.29) is 5.41 Å². The molecule has 0 fully saturated rings. The molecule has 1 aromatic rings. The Labute approximate surface area is 105 Å². The summed E-state index contributed by atoms with van der Waals surface area (Å²) in [5.41, 5.74) is 7.07. The summed E-state index contributed by atoms with van der Waals surface area (Å²) in [5, 5.41) is 3.51. The average Bonchev–Trinajstić information content (AvgIpc) is 2.35. The van der Waals surface area contributed by atoms with Crippen LogP contribution in [-0.2, 0) is 5.41 Å². The standard InChI is InChI=1S/C14H25N3/c1-12(10-15)4-7-17-11-14(2,3)13-5-8-16-9-6-13/h5-6,8-9,12,17H,4,7,10-11,15H2,1-3H3. The zero-order valence-electron chi connectivity index (χ0n) is 11.2. The van der Waals surface area contributed by atoms with E-state index in [1.54, 1.807) is 0 Å². The van der Waals surface area contributed by atoms with Crippen LogP contribution >= 0.6 is 0 Å². The van der Waals surface area contributed by atoms with Gasteiger partial charge in [-0.2, -0.15) is 0 Å². The van der Waals surface area contributed by atoms with Crippen molar-refractivity contribution in [2.75, 3.05) is 19.6 Å². The number of nitrogens with two attached hydrogens (primary N) is 1. The Balaban J connectivity index is 2.35. The molecule has 3 heteroatoms. The molecule has 96 valence electrons. The van der Waals surface area contributed by atoms with Gasteiger partial charge in [0.05, 0.1) is 0 Å². The van der Waals surface area contributed by atoms with Crippen LogP contribution in [0.25, 0.3) is 0 Å². The first-order valence-electron chi connectivity index (χ1n) is 6.37. The minimum Gasteiger partial charge on any atom is -0.330 e. The molecule has 0 saturated heterocycles. The molecule has 1 atom stereocenters. The predicted molar refractivity (Wildman–Crippen MR) is 73.0 cm³/mol. The highest BCUT2D eigenvalue weighted by atomic mass is 14.9. The lowest BCUT2D eigenvalue weighted by molar-refractivity contribution is 0.440. The van der Waals surface area contributed by atoms with Gasteiger partial charge in [0.2, 0.25) is 0 Å². The van der Waals surface area contributed by atoms with E-state index in [1.165, 1.54) is 5.56 Å². The van der Waals surface area contributed by atoms with Crippen molar-refractivity contribution in [3.63, 3.8) is 0 Å². The summed E-state index contributed by atoms with van der Waals surface area (Å²) in [6.07, 6.45) is 4.85. The monoisotopic (exact) mass is 235 g/mol. The highest BCUT2D eigenvalue weighted by molar-refractivity contribution is 5.20. The third-order valence-corrected chi connectivity index (χ3v) is 3.25. The maximum Gasteiger partial charge on any atom is 0.0270 e. The molecule has 1 aromatic heterocycles. The lowest BCUT2D eigenvalue weighted by Gasteiger charge is -2.26. The Hall–Kier alpha value is -0.930. The largest absolute Gasteiger partial charge is 0.330 e. The molecule has 1 rings (SSSR count). The summed E-state index contributed by atoms with van der Waals surface area (Å²) >= 11 is 0. The van der Waals surface area contributed by atoms with Crippen LogP contribution in [0.3, 0.4) is 0 Å².